The standard InChI is InChI=1S/C17H17ClN2O4/c1-11(12-4-7-14(18)8-5-12)19(2)17(21)13-6-9-16(24-3)15(10-13)20(22)23/h4-11H,1-3H3. The molecule has 126 valence electrons. The number of nitro groups is 1. The molecule has 0 radical (unpaired) electrons. The molecular formula is C17H17ClN2O4. The van der Waals surface area contributed by atoms with Gasteiger partial charge in [0.25, 0.3) is 5.91 Å². The van der Waals surface area contributed by atoms with Gasteiger partial charge in [-0.3, -0.25) is 14.9 Å². The fourth-order valence-electron chi connectivity index (χ4n) is 2.31. The van der Waals surface area contributed by atoms with Crippen LogP contribution in [0.25, 0.3) is 0 Å². The minimum Gasteiger partial charge on any atom is -0.490 e. The lowest BCUT2D eigenvalue weighted by Gasteiger charge is -2.25. The topological polar surface area (TPSA) is 72.7 Å². The number of carbonyl (C=O) groups excluding carboxylic acids is 1. The number of ether oxygens (including phenoxy) is 1. The highest BCUT2D eigenvalue weighted by atomic mass is 35.5. The summed E-state index contributed by atoms with van der Waals surface area (Å²) in [6.45, 7) is 1.87. The Kier molecular flexibility index (Phi) is 5.41. The molecule has 0 bridgehead atoms. The number of carbonyl (C=O) groups is 1. The van der Waals surface area contributed by atoms with Crippen molar-refractivity contribution in [3.63, 3.8) is 0 Å². The van der Waals surface area contributed by atoms with Crippen molar-refractivity contribution in [3.8, 4) is 5.75 Å². The summed E-state index contributed by atoms with van der Waals surface area (Å²) in [6.07, 6.45) is 0. The van der Waals surface area contributed by atoms with Gasteiger partial charge < -0.3 is 9.64 Å². The summed E-state index contributed by atoms with van der Waals surface area (Å²) in [5.74, 6) is -0.201. The van der Waals surface area contributed by atoms with E-state index in [1.54, 1.807) is 19.2 Å². The van der Waals surface area contributed by atoms with E-state index in [1.165, 1.54) is 30.2 Å². The average Bonchev–Trinajstić information content (AvgIpc) is 2.59. The summed E-state index contributed by atoms with van der Waals surface area (Å²) in [4.78, 5) is 24.7. The van der Waals surface area contributed by atoms with Crippen LogP contribution in [0, 0.1) is 10.1 Å². The fourth-order valence-corrected chi connectivity index (χ4v) is 2.44. The van der Waals surface area contributed by atoms with Crippen molar-refractivity contribution in [1.29, 1.82) is 0 Å². The van der Waals surface area contributed by atoms with E-state index in [1.807, 2.05) is 19.1 Å². The third-order valence-electron chi connectivity index (χ3n) is 3.88. The Bertz CT molecular complexity index is 762. The van der Waals surface area contributed by atoms with Crippen molar-refractivity contribution >= 4 is 23.2 Å². The summed E-state index contributed by atoms with van der Waals surface area (Å²) in [6, 6.07) is 11.1. The molecule has 1 amide bonds. The molecule has 6 nitrogen and oxygen atoms in total. The van der Waals surface area contributed by atoms with E-state index in [2.05, 4.69) is 0 Å². The number of hydrogen-bond donors (Lipinski definition) is 0. The van der Waals surface area contributed by atoms with Crippen molar-refractivity contribution in [3.05, 3.63) is 68.7 Å². The predicted octanol–water partition coefficient (Wildman–Crippen LogP) is 4.09. The molecule has 0 heterocycles. The number of nitro benzene ring substituents is 1. The molecule has 24 heavy (non-hydrogen) atoms. The number of amides is 1. The van der Waals surface area contributed by atoms with Crippen LogP contribution >= 0.6 is 11.6 Å². The quantitative estimate of drug-likeness (QED) is 0.602. The third-order valence-corrected chi connectivity index (χ3v) is 4.13. The number of methoxy groups -OCH3 is 1. The first-order valence-corrected chi connectivity index (χ1v) is 7.58. The first-order chi connectivity index (χ1) is 11.3. The molecule has 0 fully saturated rings. The minimum absolute atomic E-state index is 0.116. The van der Waals surface area contributed by atoms with E-state index >= 15 is 0 Å². The fraction of sp³-hybridized carbons (Fsp3) is 0.235. The molecular weight excluding hydrogens is 332 g/mol. The Balaban J connectivity index is 2.28. The van der Waals surface area contributed by atoms with E-state index < -0.39 is 4.92 Å². The lowest BCUT2D eigenvalue weighted by atomic mass is 10.1. The zero-order chi connectivity index (χ0) is 17.9. The Morgan fingerprint density at radius 3 is 2.42 bits per heavy atom. The zero-order valence-electron chi connectivity index (χ0n) is 13.5. The summed E-state index contributed by atoms with van der Waals surface area (Å²) < 4.78 is 4.95. The predicted molar refractivity (Wildman–Crippen MR) is 91.6 cm³/mol. The van der Waals surface area contributed by atoms with Gasteiger partial charge in [0.2, 0.25) is 0 Å². The van der Waals surface area contributed by atoms with Crippen LogP contribution in [0.5, 0.6) is 5.75 Å². The molecule has 0 aliphatic rings. The van der Waals surface area contributed by atoms with Gasteiger partial charge in [0.1, 0.15) is 0 Å². The number of benzene rings is 2. The Morgan fingerprint density at radius 1 is 1.25 bits per heavy atom. The molecule has 0 aliphatic carbocycles. The van der Waals surface area contributed by atoms with Crippen molar-refractivity contribution in [1.82, 2.24) is 4.90 Å². The molecule has 0 saturated carbocycles. The largest absolute Gasteiger partial charge is 0.490 e. The number of halogens is 1. The van der Waals surface area contributed by atoms with Crippen LogP contribution in [0.4, 0.5) is 5.69 Å². The molecule has 2 aromatic rings. The number of rotatable bonds is 5. The zero-order valence-corrected chi connectivity index (χ0v) is 14.3. The summed E-state index contributed by atoms with van der Waals surface area (Å²) in [7, 11) is 3.00. The average molecular weight is 349 g/mol. The van der Waals surface area contributed by atoms with Crippen LogP contribution in [0.15, 0.2) is 42.5 Å². The minimum atomic E-state index is -0.571. The molecule has 2 rings (SSSR count). The van der Waals surface area contributed by atoms with Crippen LogP contribution in [-0.4, -0.2) is 29.9 Å². The van der Waals surface area contributed by atoms with Crippen LogP contribution in [0.3, 0.4) is 0 Å². The lowest BCUT2D eigenvalue weighted by Crippen LogP contribution is -2.29. The van der Waals surface area contributed by atoms with Crippen LogP contribution in [-0.2, 0) is 0 Å². The highest BCUT2D eigenvalue weighted by molar-refractivity contribution is 6.30. The molecule has 0 aromatic heterocycles. The molecule has 1 unspecified atom stereocenters. The maximum Gasteiger partial charge on any atom is 0.311 e. The van der Waals surface area contributed by atoms with Crippen LogP contribution < -0.4 is 4.74 Å². The highest BCUT2D eigenvalue weighted by Gasteiger charge is 2.23. The van der Waals surface area contributed by atoms with Crippen molar-refractivity contribution < 1.29 is 14.5 Å². The van der Waals surface area contributed by atoms with Crippen molar-refractivity contribution in [2.24, 2.45) is 0 Å². The van der Waals surface area contributed by atoms with Gasteiger partial charge in [-0.05, 0) is 36.8 Å². The van der Waals surface area contributed by atoms with Gasteiger partial charge in [0.15, 0.2) is 5.75 Å². The van der Waals surface area contributed by atoms with Crippen molar-refractivity contribution in [2.75, 3.05) is 14.2 Å². The van der Waals surface area contributed by atoms with Gasteiger partial charge >= 0.3 is 5.69 Å². The van der Waals surface area contributed by atoms with Gasteiger partial charge in [-0.25, -0.2) is 0 Å². The molecule has 2 aromatic carbocycles. The van der Waals surface area contributed by atoms with E-state index in [0.29, 0.717) is 5.02 Å². The second-order valence-electron chi connectivity index (χ2n) is 5.29. The van der Waals surface area contributed by atoms with Gasteiger partial charge in [0.05, 0.1) is 18.1 Å². The van der Waals surface area contributed by atoms with E-state index in [4.69, 9.17) is 16.3 Å². The van der Waals surface area contributed by atoms with Gasteiger partial charge in [-0.1, -0.05) is 23.7 Å². The monoisotopic (exact) mass is 348 g/mol. The summed E-state index contributed by atoms with van der Waals surface area (Å²) in [5, 5.41) is 11.7. The molecule has 0 saturated heterocycles. The molecule has 0 spiro atoms. The normalized spacial score (nSPS) is 11.7. The molecule has 0 N–H and O–H groups in total. The van der Waals surface area contributed by atoms with Crippen LogP contribution in [0.2, 0.25) is 5.02 Å². The van der Waals surface area contributed by atoms with Gasteiger partial charge in [0, 0.05) is 23.7 Å². The van der Waals surface area contributed by atoms with Crippen LogP contribution in [0.1, 0.15) is 28.9 Å². The smallest absolute Gasteiger partial charge is 0.311 e. The van der Waals surface area contributed by atoms with Gasteiger partial charge in [-0.15, -0.1) is 0 Å². The third kappa shape index (κ3) is 3.65. The second kappa shape index (κ2) is 7.31. The Labute approximate surface area is 144 Å². The van der Waals surface area contributed by atoms with Gasteiger partial charge in [-0.2, -0.15) is 0 Å². The summed E-state index contributed by atoms with van der Waals surface area (Å²) in [5.41, 5.74) is 0.903. The van der Waals surface area contributed by atoms with E-state index in [0.717, 1.165) is 5.56 Å². The van der Waals surface area contributed by atoms with E-state index in [-0.39, 0.29) is 28.9 Å². The molecule has 0 aliphatic heterocycles. The Morgan fingerprint density at radius 2 is 1.88 bits per heavy atom. The number of nitrogens with zero attached hydrogens (tertiary/aromatic N) is 2. The maximum absolute atomic E-state index is 12.6. The van der Waals surface area contributed by atoms with Crippen molar-refractivity contribution in [2.45, 2.75) is 13.0 Å². The summed E-state index contributed by atoms with van der Waals surface area (Å²) >= 11 is 5.87. The first-order valence-electron chi connectivity index (χ1n) is 7.20. The van der Waals surface area contributed by atoms with E-state index in [9.17, 15) is 14.9 Å². The maximum atomic E-state index is 12.6. The second-order valence-corrected chi connectivity index (χ2v) is 5.72. The highest BCUT2D eigenvalue weighted by Crippen LogP contribution is 2.29. The SMILES string of the molecule is COc1ccc(C(=O)N(C)C(C)c2ccc(Cl)cc2)cc1[N+](=O)[O-]. The number of hydrogen-bond acceptors (Lipinski definition) is 4. The lowest BCUT2D eigenvalue weighted by molar-refractivity contribution is -0.385. The molecule has 1 atom stereocenters. The molecule has 7 heteroatoms. The first kappa shape index (κ1) is 17.7. The Hall–Kier alpha value is -2.60.